The van der Waals surface area contributed by atoms with E-state index < -0.39 is 0 Å². The smallest absolute Gasteiger partial charge is 0.0194 e. The molecule has 96 valence electrons. The Morgan fingerprint density at radius 2 is 1.72 bits per heavy atom. The first-order valence-electron chi connectivity index (χ1n) is 7.00. The molecule has 0 atom stereocenters. The summed E-state index contributed by atoms with van der Waals surface area (Å²) in [6.07, 6.45) is 2.41. The highest BCUT2D eigenvalue weighted by Gasteiger charge is 2.16. The minimum atomic E-state index is 1.11. The van der Waals surface area contributed by atoms with Crippen LogP contribution in [0.2, 0.25) is 0 Å². The van der Waals surface area contributed by atoms with Gasteiger partial charge in [0.2, 0.25) is 0 Å². The molecule has 2 nitrogen and oxygen atoms in total. The van der Waals surface area contributed by atoms with Crippen LogP contribution in [0.15, 0.2) is 35.4 Å². The van der Waals surface area contributed by atoms with Crippen LogP contribution < -0.4 is 5.32 Å². The van der Waals surface area contributed by atoms with Crippen LogP contribution >= 0.6 is 0 Å². The highest BCUT2D eigenvalue weighted by atomic mass is 15.1. The summed E-state index contributed by atoms with van der Waals surface area (Å²) in [6, 6.07) is 8.92. The molecule has 1 fully saturated rings. The van der Waals surface area contributed by atoms with Crippen LogP contribution in [0.3, 0.4) is 0 Å². The lowest BCUT2D eigenvalue weighted by molar-refractivity contribution is 0.309. The van der Waals surface area contributed by atoms with Crippen LogP contribution in [0.5, 0.6) is 0 Å². The molecule has 0 aromatic heterocycles. The molecule has 0 saturated carbocycles. The fraction of sp³-hybridized carbons (Fsp3) is 0.500. The van der Waals surface area contributed by atoms with Gasteiger partial charge >= 0.3 is 0 Å². The summed E-state index contributed by atoms with van der Waals surface area (Å²) in [7, 11) is 0. The maximum absolute atomic E-state index is 3.33. The van der Waals surface area contributed by atoms with Crippen molar-refractivity contribution < 1.29 is 0 Å². The lowest BCUT2D eigenvalue weighted by Gasteiger charge is -2.26. The first-order valence-corrected chi connectivity index (χ1v) is 7.00. The third kappa shape index (κ3) is 2.50. The van der Waals surface area contributed by atoms with Gasteiger partial charge in [0.05, 0.1) is 0 Å². The molecular weight excluding hydrogens is 220 g/mol. The third-order valence-corrected chi connectivity index (χ3v) is 4.25. The van der Waals surface area contributed by atoms with Crippen molar-refractivity contribution in [1.29, 1.82) is 0 Å². The van der Waals surface area contributed by atoms with Crippen LogP contribution in [0, 0.1) is 0 Å². The van der Waals surface area contributed by atoms with E-state index in [-0.39, 0.29) is 0 Å². The van der Waals surface area contributed by atoms with Crippen molar-refractivity contribution in [1.82, 2.24) is 10.2 Å². The standard InChI is InChI=1S/C16H22N2/c1-13(16-10-17-11-16)12-18-8-6-14-4-2-3-5-15(14)7-9-18/h2-5,17H,6-12H2,1H3. The zero-order valence-electron chi connectivity index (χ0n) is 11.2. The number of fused-ring (bicyclic) bond motifs is 1. The highest BCUT2D eigenvalue weighted by Crippen LogP contribution is 2.17. The van der Waals surface area contributed by atoms with E-state index in [4.69, 9.17) is 0 Å². The number of nitrogens with one attached hydrogen (secondary N) is 1. The molecule has 2 aliphatic rings. The lowest BCUT2D eigenvalue weighted by atomic mass is 10.0. The van der Waals surface area contributed by atoms with Gasteiger partial charge in [-0.05, 0) is 36.5 Å². The van der Waals surface area contributed by atoms with Crippen LogP contribution in [0.4, 0.5) is 0 Å². The maximum Gasteiger partial charge on any atom is 0.0194 e. The average Bonchev–Trinajstić information content (AvgIpc) is 2.50. The fourth-order valence-corrected chi connectivity index (χ4v) is 2.87. The van der Waals surface area contributed by atoms with E-state index in [9.17, 15) is 0 Å². The molecule has 0 aliphatic carbocycles. The molecule has 1 aromatic rings. The Bertz CT molecular complexity index is 429. The minimum Gasteiger partial charge on any atom is -0.309 e. The Balaban J connectivity index is 1.64. The Morgan fingerprint density at radius 1 is 1.11 bits per heavy atom. The van der Waals surface area contributed by atoms with Gasteiger partial charge in [0, 0.05) is 32.7 Å². The SMILES string of the molecule is CC(CN1CCc2ccccc2CC1)=C1CNC1. The first kappa shape index (κ1) is 11.9. The molecule has 3 rings (SSSR count). The summed E-state index contributed by atoms with van der Waals surface area (Å²) >= 11 is 0. The molecule has 0 radical (unpaired) electrons. The highest BCUT2D eigenvalue weighted by molar-refractivity contribution is 5.29. The van der Waals surface area contributed by atoms with Crippen LogP contribution in [0.1, 0.15) is 18.1 Å². The largest absolute Gasteiger partial charge is 0.309 e. The van der Waals surface area contributed by atoms with Gasteiger partial charge < -0.3 is 5.32 Å². The maximum atomic E-state index is 3.33. The minimum absolute atomic E-state index is 1.11. The third-order valence-electron chi connectivity index (χ3n) is 4.25. The number of hydrogen-bond donors (Lipinski definition) is 1. The summed E-state index contributed by atoms with van der Waals surface area (Å²) in [5.74, 6) is 0. The fourth-order valence-electron chi connectivity index (χ4n) is 2.87. The van der Waals surface area contributed by atoms with Crippen molar-refractivity contribution in [3.63, 3.8) is 0 Å². The van der Waals surface area contributed by atoms with Crippen LogP contribution in [0.25, 0.3) is 0 Å². The molecular formula is C16H22N2. The van der Waals surface area contributed by atoms with Gasteiger partial charge in [-0.3, -0.25) is 4.90 Å². The van der Waals surface area contributed by atoms with Crippen molar-refractivity contribution in [3.8, 4) is 0 Å². The van der Waals surface area contributed by atoms with E-state index in [0.29, 0.717) is 0 Å². The van der Waals surface area contributed by atoms with Crippen molar-refractivity contribution in [3.05, 3.63) is 46.5 Å². The van der Waals surface area contributed by atoms with E-state index in [1.165, 1.54) is 25.9 Å². The molecule has 0 unspecified atom stereocenters. The molecule has 2 heterocycles. The molecule has 1 aromatic carbocycles. The van der Waals surface area contributed by atoms with Gasteiger partial charge in [0.15, 0.2) is 0 Å². The van der Waals surface area contributed by atoms with Crippen molar-refractivity contribution >= 4 is 0 Å². The number of hydrogen-bond acceptors (Lipinski definition) is 2. The second kappa shape index (κ2) is 5.25. The monoisotopic (exact) mass is 242 g/mol. The van der Waals surface area contributed by atoms with E-state index in [1.807, 2.05) is 0 Å². The Morgan fingerprint density at radius 3 is 2.22 bits per heavy atom. The van der Waals surface area contributed by atoms with Gasteiger partial charge in [-0.25, -0.2) is 0 Å². The van der Waals surface area contributed by atoms with Crippen LogP contribution in [-0.2, 0) is 12.8 Å². The Kier molecular flexibility index (Phi) is 3.48. The summed E-state index contributed by atoms with van der Waals surface area (Å²) in [4.78, 5) is 2.61. The number of nitrogens with zero attached hydrogens (tertiary/aromatic N) is 1. The summed E-state index contributed by atoms with van der Waals surface area (Å²) in [6.45, 7) is 8.09. The van der Waals surface area contributed by atoms with Gasteiger partial charge in [-0.2, -0.15) is 0 Å². The number of rotatable bonds is 2. The molecule has 0 spiro atoms. The molecule has 0 amide bonds. The van der Waals surface area contributed by atoms with Crippen molar-refractivity contribution in [2.24, 2.45) is 0 Å². The van der Waals surface area contributed by atoms with E-state index in [0.717, 1.165) is 19.6 Å². The van der Waals surface area contributed by atoms with Crippen molar-refractivity contribution in [2.45, 2.75) is 19.8 Å². The predicted octanol–water partition coefficient (Wildman–Crippen LogP) is 2.01. The second-order valence-corrected chi connectivity index (χ2v) is 5.53. The summed E-state index contributed by atoms with van der Waals surface area (Å²) < 4.78 is 0. The van der Waals surface area contributed by atoms with Crippen LogP contribution in [-0.4, -0.2) is 37.6 Å². The van der Waals surface area contributed by atoms with E-state index in [2.05, 4.69) is 41.4 Å². The molecule has 2 aliphatic heterocycles. The Labute approximate surface area is 110 Å². The summed E-state index contributed by atoms with van der Waals surface area (Å²) in [5.41, 5.74) is 6.31. The average molecular weight is 242 g/mol. The quantitative estimate of drug-likeness (QED) is 0.798. The van der Waals surface area contributed by atoms with Crippen molar-refractivity contribution in [2.75, 3.05) is 32.7 Å². The molecule has 2 heteroatoms. The molecule has 0 bridgehead atoms. The second-order valence-electron chi connectivity index (χ2n) is 5.53. The zero-order chi connectivity index (χ0) is 12.4. The van der Waals surface area contributed by atoms with E-state index >= 15 is 0 Å². The van der Waals surface area contributed by atoms with E-state index in [1.54, 1.807) is 22.3 Å². The summed E-state index contributed by atoms with van der Waals surface area (Å²) in [5, 5.41) is 3.33. The molecule has 18 heavy (non-hydrogen) atoms. The normalized spacial score (nSPS) is 19.9. The number of benzene rings is 1. The lowest BCUT2D eigenvalue weighted by Crippen LogP contribution is -2.37. The van der Waals surface area contributed by atoms with Gasteiger partial charge in [-0.15, -0.1) is 0 Å². The molecule has 1 N–H and O–H groups in total. The molecule has 1 saturated heterocycles. The zero-order valence-corrected chi connectivity index (χ0v) is 11.2. The first-order chi connectivity index (χ1) is 8.83. The van der Waals surface area contributed by atoms with Gasteiger partial charge in [0.1, 0.15) is 0 Å². The topological polar surface area (TPSA) is 15.3 Å². The predicted molar refractivity (Wildman–Crippen MR) is 75.9 cm³/mol. The van der Waals surface area contributed by atoms with Gasteiger partial charge in [0.25, 0.3) is 0 Å². The Hall–Kier alpha value is -1.12. The van der Waals surface area contributed by atoms with Gasteiger partial charge in [-0.1, -0.05) is 29.8 Å².